The second-order valence-corrected chi connectivity index (χ2v) is 2.90. The van der Waals surface area contributed by atoms with Crippen molar-refractivity contribution in [3.8, 4) is 0 Å². The van der Waals surface area contributed by atoms with E-state index in [1.54, 1.807) is 6.20 Å². The van der Waals surface area contributed by atoms with Crippen LogP contribution in [-0.2, 0) is 0 Å². The Morgan fingerprint density at radius 3 is 2.82 bits per heavy atom. The Balaban J connectivity index is 1.97. The van der Waals surface area contributed by atoms with Gasteiger partial charge >= 0.3 is 0 Å². The molecule has 2 rings (SSSR count). The van der Waals surface area contributed by atoms with Gasteiger partial charge in [0, 0.05) is 6.20 Å². The van der Waals surface area contributed by atoms with Crippen LogP contribution < -0.4 is 5.32 Å². The van der Waals surface area contributed by atoms with Crippen LogP contribution in [0.4, 0.5) is 0 Å². The second kappa shape index (κ2) is 2.91. The molecule has 0 atom stereocenters. The molecule has 57 valence electrons. The lowest BCUT2D eigenvalue weighted by Crippen LogP contribution is -2.20. The predicted molar refractivity (Wildman–Crippen MR) is 45.5 cm³/mol. The molecule has 1 saturated carbocycles. The van der Waals surface area contributed by atoms with E-state index in [-0.39, 0.29) is 0 Å². The molecule has 1 aliphatic carbocycles. The van der Waals surface area contributed by atoms with Crippen LogP contribution in [0.1, 0.15) is 19.3 Å². The molecule has 0 bridgehead atoms. The molecule has 1 fully saturated rings. The zero-order valence-electron chi connectivity index (χ0n) is 6.40. The topological polar surface area (TPSA) is 26.5 Å². The highest BCUT2D eigenvalue weighted by molar-refractivity contribution is 5.94. The zero-order valence-corrected chi connectivity index (χ0v) is 6.40. The molecule has 0 amide bonds. The summed E-state index contributed by atoms with van der Waals surface area (Å²) in [6, 6.07) is 0.560. The minimum atomic E-state index is 0.560. The Bertz CT molecular complexity index is 222. The van der Waals surface area contributed by atoms with Crippen LogP contribution in [-0.4, -0.2) is 11.9 Å². The van der Waals surface area contributed by atoms with Gasteiger partial charge in [0.1, 0.15) is 5.84 Å². The van der Waals surface area contributed by atoms with Crippen LogP contribution in [0.2, 0.25) is 0 Å². The maximum absolute atomic E-state index is 4.45. The van der Waals surface area contributed by atoms with Gasteiger partial charge in [-0.15, -0.1) is 0 Å². The van der Waals surface area contributed by atoms with Gasteiger partial charge < -0.3 is 0 Å². The number of nitrogens with zero attached hydrogens (tertiary/aromatic N) is 2. The zero-order chi connectivity index (χ0) is 7.52. The first-order valence-corrected chi connectivity index (χ1v) is 4.07. The minimum absolute atomic E-state index is 0.560. The van der Waals surface area contributed by atoms with Crippen molar-refractivity contribution in [3.05, 3.63) is 24.4 Å². The van der Waals surface area contributed by atoms with Gasteiger partial charge in [0.05, 0.1) is 6.04 Å². The lowest BCUT2D eigenvalue weighted by molar-refractivity contribution is 0.419. The van der Waals surface area contributed by atoms with Crippen molar-refractivity contribution in [2.45, 2.75) is 25.3 Å². The number of rotatable bonds is 1. The molecular weight excluding hydrogens is 136 g/mol. The van der Waals surface area contributed by atoms with Crippen molar-refractivity contribution >= 4 is 5.84 Å². The van der Waals surface area contributed by atoms with Gasteiger partial charge in [0.15, 0.2) is 0 Å². The first-order chi connectivity index (χ1) is 5.45. The molecule has 0 saturated heterocycles. The highest BCUT2D eigenvalue weighted by Crippen LogP contribution is 2.22. The summed E-state index contributed by atoms with van der Waals surface area (Å²) in [6.07, 6.45) is 11.5. The number of hydrogen-bond acceptors (Lipinski definition) is 1. The van der Waals surface area contributed by atoms with Crippen LogP contribution in [0, 0.1) is 0 Å². The SMILES string of the molecule is C1=C[N]C(=NC2CCC2)C=C1. The molecule has 1 heterocycles. The van der Waals surface area contributed by atoms with Gasteiger partial charge in [-0.05, 0) is 31.4 Å². The van der Waals surface area contributed by atoms with Crippen LogP contribution in [0.5, 0.6) is 0 Å². The second-order valence-electron chi connectivity index (χ2n) is 2.90. The summed E-state index contributed by atoms with van der Waals surface area (Å²) in [7, 11) is 0. The van der Waals surface area contributed by atoms with E-state index >= 15 is 0 Å². The van der Waals surface area contributed by atoms with Crippen molar-refractivity contribution in [1.29, 1.82) is 0 Å². The third-order valence-electron chi connectivity index (χ3n) is 2.04. The monoisotopic (exact) mass is 147 g/mol. The fourth-order valence-electron chi connectivity index (χ4n) is 1.13. The molecule has 0 spiro atoms. The van der Waals surface area contributed by atoms with E-state index < -0.39 is 0 Å². The summed E-state index contributed by atoms with van der Waals surface area (Å²) in [4.78, 5) is 4.45. The normalized spacial score (nSPS) is 26.7. The molecule has 2 nitrogen and oxygen atoms in total. The minimum Gasteiger partial charge on any atom is -0.263 e. The maximum Gasteiger partial charge on any atom is 0.147 e. The van der Waals surface area contributed by atoms with Crippen molar-refractivity contribution in [2.75, 3.05) is 0 Å². The molecular formula is C9H11N2. The van der Waals surface area contributed by atoms with Gasteiger partial charge in [-0.3, -0.25) is 4.99 Å². The van der Waals surface area contributed by atoms with Crippen molar-refractivity contribution in [1.82, 2.24) is 5.32 Å². The average Bonchev–Trinajstić information content (AvgIpc) is 1.99. The number of aliphatic imine (C=N–C) groups is 1. The highest BCUT2D eigenvalue weighted by Gasteiger charge is 2.16. The summed E-state index contributed by atoms with van der Waals surface area (Å²) in [5, 5.41) is 4.13. The Labute approximate surface area is 66.7 Å². The maximum atomic E-state index is 4.45. The number of hydrogen-bond donors (Lipinski definition) is 0. The summed E-state index contributed by atoms with van der Waals surface area (Å²) >= 11 is 0. The van der Waals surface area contributed by atoms with E-state index in [0.29, 0.717) is 6.04 Å². The molecule has 0 N–H and O–H groups in total. The Hall–Kier alpha value is -1.05. The summed E-state index contributed by atoms with van der Waals surface area (Å²) in [5.74, 6) is 0.886. The standard InChI is InChI=1S/C9H11N2/c1-2-7-10-9(6-1)11-8-4-3-5-8/h1-2,6-8H,3-5H2. The van der Waals surface area contributed by atoms with Gasteiger partial charge in [-0.25, -0.2) is 5.32 Å². The third-order valence-corrected chi connectivity index (χ3v) is 2.04. The van der Waals surface area contributed by atoms with Gasteiger partial charge in [-0.2, -0.15) is 0 Å². The van der Waals surface area contributed by atoms with Crippen LogP contribution in [0.3, 0.4) is 0 Å². The smallest absolute Gasteiger partial charge is 0.147 e. The summed E-state index contributed by atoms with van der Waals surface area (Å²) in [6.45, 7) is 0. The Morgan fingerprint density at radius 2 is 2.27 bits per heavy atom. The predicted octanol–water partition coefficient (Wildman–Crippen LogP) is 1.63. The van der Waals surface area contributed by atoms with Crippen molar-refractivity contribution in [3.63, 3.8) is 0 Å². The fraction of sp³-hybridized carbons (Fsp3) is 0.444. The van der Waals surface area contributed by atoms with E-state index in [2.05, 4.69) is 10.3 Å². The molecule has 0 aromatic heterocycles. The first-order valence-electron chi connectivity index (χ1n) is 4.07. The van der Waals surface area contributed by atoms with E-state index in [9.17, 15) is 0 Å². The average molecular weight is 147 g/mol. The highest BCUT2D eigenvalue weighted by atomic mass is 15.0. The Morgan fingerprint density at radius 1 is 1.36 bits per heavy atom. The van der Waals surface area contributed by atoms with Crippen molar-refractivity contribution in [2.24, 2.45) is 4.99 Å². The van der Waals surface area contributed by atoms with Gasteiger partial charge in [0.25, 0.3) is 0 Å². The summed E-state index contributed by atoms with van der Waals surface area (Å²) in [5.41, 5.74) is 0. The van der Waals surface area contributed by atoms with E-state index in [0.717, 1.165) is 5.84 Å². The van der Waals surface area contributed by atoms with Crippen LogP contribution in [0.25, 0.3) is 0 Å². The lowest BCUT2D eigenvalue weighted by Gasteiger charge is -2.21. The van der Waals surface area contributed by atoms with E-state index in [4.69, 9.17) is 0 Å². The van der Waals surface area contributed by atoms with Crippen LogP contribution >= 0.6 is 0 Å². The van der Waals surface area contributed by atoms with Crippen LogP contribution in [0.15, 0.2) is 29.4 Å². The molecule has 11 heavy (non-hydrogen) atoms. The summed E-state index contributed by atoms with van der Waals surface area (Å²) < 4.78 is 0. The number of amidine groups is 1. The molecule has 0 aromatic rings. The quantitative estimate of drug-likeness (QED) is 0.539. The van der Waals surface area contributed by atoms with Gasteiger partial charge in [-0.1, -0.05) is 6.08 Å². The molecule has 1 aliphatic heterocycles. The lowest BCUT2D eigenvalue weighted by atomic mass is 9.94. The third kappa shape index (κ3) is 1.50. The molecule has 0 unspecified atom stereocenters. The van der Waals surface area contributed by atoms with Crippen molar-refractivity contribution < 1.29 is 0 Å². The fourth-order valence-corrected chi connectivity index (χ4v) is 1.13. The molecule has 0 aromatic carbocycles. The van der Waals surface area contributed by atoms with E-state index in [1.165, 1.54) is 19.3 Å². The number of allylic oxidation sites excluding steroid dienone is 2. The molecule has 2 heteroatoms. The Kier molecular flexibility index (Phi) is 1.76. The first kappa shape index (κ1) is 6.65. The van der Waals surface area contributed by atoms with E-state index in [1.807, 2.05) is 18.2 Å². The van der Waals surface area contributed by atoms with Gasteiger partial charge in [0.2, 0.25) is 0 Å². The molecule has 2 aliphatic rings. The molecule has 1 radical (unpaired) electrons. The largest absolute Gasteiger partial charge is 0.263 e.